The molecule has 126 valence electrons. The van der Waals surface area contributed by atoms with Crippen LogP contribution in [0.15, 0.2) is 60.7 Å². The molecule has 0 radical (unpaired) electrons. The molecule has 0 saturated heterocycles. The number of allylic oxidation sites excluding steroid dienone is 2. The fourth-order valence-corrected chi connectivity index (χ4v) is 32.4. The first-order valence-corrected chi connectivity index (χ1v) is 34.1. The van der Waals surface area contributed by atoms with E-state index >= 15 is 0 Å². The quantitative estimate of drug-likeness (QED) is 0.397. The summed E-state index contributed by atoms with van der Waals surface area (Å²) in [6, 6.07) is 18.0. The van der Waals surface area contributed by atoms with Crippen LogP contribution in [0.25, 0.3) is 12.2 Å². The van der Waals surface area contributed by atoms with Gasteiger partial charge in [-0.15, -0.1) is 24.8 Å². The van der Waals surface area contributed by atoms with Crippen LogP contribution in [0, 0.1) is 0 Å². The van der Waals surface area contributed by atoms with Crippen LogP contribution in [0.1, 0.15) is 29.6 Å². The van der Waals surface area contributed by atoms with Crippen molar-refractivity contribution in [3.05, 3.63) is 82.9 Å². The summed E-state index contributed by atoms with van der Waals surface area (Å²) in [4.78, 5) is 0. The Hall–Kier alpha value is -0.0870. The minimum atomic E-state index is -3.05. The molecule has 2 atom stereocenters. The number of fused-ring (bicyclic) bond motifs is 2. The van der Waals surface area contributed by atoms with E-state index in [2.05, 4.69) is 82.2 Å². The molecule has 0 bridgehead atoms. The monoisotopic (exact) mass is 588 g/mol. The van der Waals surface area contributed by atoms with Crippen molar-refractivity contribution in [2.24, 2.45) is 0 Å². The number of hydrogen-bond donors (Lipinski definition) is 0. The van der Waals surface area contributed by atoms with Gasteiger partial charge in [-0.25, -0.2) is 0 Å². The second-order valence-corrected chi connectivity index (χ2v) is 71.7. The maximum absolute atomic E-state index is 3.05. The normalized spacial score (nSPS) is 20.8. The first-order chi connectivity index (χ1) is 10.5. The molecule has 0 aliphatic heterocycles. The van der Waals surface area contributed by atoms with E-state index in [0.717, 1.165) is 0 Å². The number of hydrogen-bond acceptors (Lipinski definition) is 0. The molecule has 24 heavy (non-hydrogen) atoms. The van der Waals surface area contributed by atoms with Gasteiger partial charge in [0, 0.05) is 0 Å². The van der Waals surface area contributed by atoms with Gasteiger partial charge in [0.1, 0.15) is 0 Å². The Balaban J connectivity index is 0.00000104. The van der Waals surface area contributed by atoms with E-state index in [1.807, 2.05) is 0 Å². The molecule has 0 amide bonds. The van der Waals surface area contributed by atoms with Crippen LogP contribution in [-0.2, 0) is 15.4 Å². The van der Waals surface area contributed by atoms with E-state index < -0.39 is 15.4 Å². The van der Waals surface area contributed by atoms with Gasteiger partial charge in [-0.05, 0) is 0 Å². The van der Waals surface area contributed by atoms with Gasteiger partial charge in [-0.1, -0.05) is 0 Å². The Labute approximate surface area is 163 Å². The molecule has 0 heterocycles. The molecule has 2 unspecified atom stereocenters. The average molecular weight is 586 g/mol. The van der Waals surface area contributed by atoms with Gasteiger partial charge in [-0.3, -0.25) is 0 Å². The summed E-state index contributed by atoms with van der Waals surface area (Å²) >= 11 is -1.57. The number of halogens is 2. The maximum atomic E-state index is 2.70. The van der Waals surface area contributed by atoms with Crippen LogP contribution in [0.4, 0.5) is 0 Å². The molecule has 0 fully saturated rings. The van der Waals surface area contributed by atoms with E-state index in [1.165, 1.54) is 23.3 Å². The molecule has 0 saturated carbocycles. The molecule has 0 N–H and O–H groups in total. The zero-order valence-electron chi connectivity index (χ0n) is 14.1. The van der Waals surface area contributed by atoms with Gasteiger partial charge in [0.2, 0.25) is 0 Å². The van der Waals surface area contributed by atoms with E-state index in [-0.39, 0.29) is 24.8 Å². The molecule has 0 nitrogen and oxygen atoms in total. The van der Waals surface area contributed by atoms with Crippen LogP contribution < -0.4 is 0 Å². The molecule has 0 aromatic heterocycles. The van der Waals surface area contributed by atoms with E-state index in [0.29, 0.717) is 7.35 Å². The van der Waals surface area contributed by atoms with E-state index in [9.17, 15) is 0 Å². The van der Waals surface area contributed by atoms with Crippen molar-refractivity contribution in [3.8, 4) is 0 Å². The van der Waals surface area contributed by atoms with Crippen molar-refractivity contribution in [1.29, 1.82) is 0 Å². The van der Waals surface area contributed by atoms with Crippen LogP contribution in [0.5, 0.6) is 0 Å². The van der Waals surface area contributed by atoms with Gasteiger partial charge < -0.3 is 0 Å². The van der Waals surface area contributed by atoms with E-state index in [4.69, 9.17) is 0 Å². The third kappa shape index (κ3) is 3.07. The molecule has 2 aliphatic rings. The van der Waals surface area contributed by atoms with Gasteiger partial charge >= 0.3 is 139 Å². The first kappa shape index (κ1) is 20.2. The average Bonchev–Trinajstić information content (AvgIpc) is 3.12. The topological polar surface area (TPSA) is 0 Å². The Morgan fingerprint density at radius 2 is 1.08 bits per heavy atom. The summed E-state index contributed by atoms with van der Waals surface area (Å²) in [6.45, 7) is 0. The molecule has 2 aliphatic carbocycles. The van der Waals surface area contributed by atoms with Gasteiger partial charge in [0.05, 0.1) is 0 Å². The summed E-state index contributed by atoms with van der Waals surface area (Å²) in [5.41, 5.74) is 6.07. The Kier molecular flexibility index (Phi) is 5.82. The fraction of sp³-hybridized carbons (Fsp3) is 0.200. The molecular formula is C20H24Cl2GeHf. The summed E-state index contributed by atoms with van der Waals surface area (Å²) < 4.78 is 6.81. The van der Waals surface area contributed by atoms with Gasteiger partial charge in [-0.2, -0.15) is 0 Å². The summed E-state index contributed by atoms with van der Waals surface area (Å²) in [7, 11) is 0. The third-order valence-electron chi connectivity index (χ3n) is 5.64. The molecular weight excluding hydrogens is 562 g/mol. The SMILES string of the molecule is Cl.Cl.[CH3][Hf]([CH3])(=[GeH2])([CH]1C=Cc2ccccc21)[CH]1C=Cc2ccccc21. The molecule has 2 aromatic carbocycles. The van der Waals surface area contributed by atoms with Crippen molar-refractivity contribution in [2.75, 3.05) is 0 Å². The predicted molar refractivity (Wildman–Crippen MR) is 111 cm³/mol. The molecule has 0 spiro atoms. The molecule has 4 heteroatoms. The zero-order valence-corrected chi connectivity index (χ0v) is 22.3. The van der Waals surface area contributed by atoms with Crippen molar-refractivity contribution in [1.82, 2.24) is 0 Å². The van der Waals surface area contributed by atoms with Gasteiger partial charge in [0.15, 0.2) is 0 Å². The van der Waals surface area contributed by atoms with Gasteiger partial charge in [0.25, 0.3) is 0 Å². The fourth-order valence-electron chi connectivity index (χ4n) is 4.35. The third-order valence-corrected chi connectivity index (χ3v) is 39.0. The van der Waals surface area contributed by atoms with Crippen LogP contribution in [0.2, 0.25) is 9.36 Å². The summed E-state index contributed by atoms with van der Waals surface area (Å²) in [5.74, 6) is 0. The summed E-state index contributed by atoms with van der Waals surface area (Å²) in [6.07, 6.45) is 9.78. The minimum absolute atomic E-state index is 0. The molecule has 4 rings (SSSR count). The first-order valence-electron chi connectivity index (χ1n) is 8.07. The standard InChI is InChI=1S/2C9H7.2CH3.2ClH.GeH2.Hf/c2*1-2-5-9-7-3-6-8(9)4-1;;;;;;/h2*1-7H;2*1H3;2*1H;1H2;. The zero-order chi connectivity index (χ0) is 15.4. The second kappa shape index (κ2) is 6.91. The Morgan fingerprint density at radius 3 is 1.50 bits per heavy atom. The Morgan fingerprint density at radius 1 is 0.708 bits per heavy atom. The molecule has 2 aromatic rings. The van der Waals surface area contributed by atoms with E-state index in [1.54, 1.807) is 11.1 Å². The van der Waals surface area contributed by atoms with Crippen LogP contribution >= 0.6 is 24.8 Å². The van der Waals surface area contributed by atoms with Crippen molar-refractivity contribution < 1.29 is 15.4 Å². The van der Waals surface area contributed by atoms with Crippen LogP contribution in [-0.4, -0.2) is 12.2 Å². The van der Waals surface area contributed by atoms with Crippen LogP contribution in [0.3, 0.4) is 0 Å². The predicted octanol–water partition coefficient (Wildman–Crippen LogP) is 5.70. The van der Waals surface area contributed by atoms with Crippen molar-refractivity contribution in [2.45, 2.75) is 16.7 Å². The van der Waals surface area contributed by atoms with Crippen molar-refractivity contribution >= 4 is 49.2 Å². The Bertz CT molecular complexity index is 825. The van der Waals surface area contributed by atoms with Crippen molar-refractivity contribution in [3.63, 3.8) is 0 Å². The number of benzene rings is 2. The summed E-state index contributed by atoms with van der Waals surface area (Å²) in [5, 5.41) is 0. The second-order valence-electron chi connectivity index (χ2n) is 7.87. The number of rotatable bonds is 2.